The van der Waals surface area contributed by atoms with E-state index in [1.54, 1.807) is 30.9 Å². The Morgan fingerprint density at radius 1 is 1.32 bits per heavy atom. The van der Waals surface area contributed by atoms with Gasteiger partial charge in [0.1, 0.15) is 0 Å². The molecular formula is C13H13N3O3. The molecule has 1 aromatic carbocycles. The predicted octanol–water partition coefficient (Wildman–Crippen LogP) is 1.01. The van der Waals surface area contributed by atoms with Crippen molar-refractivity contribution in [2.45, 2.75) is 6.54 Å². The van der Waals surface area contributed by atoms with Gasteiger partial charge in [-0.05, 0) is 18.2 Å². The van der Waals surface area contributed by atoms with Crippen molar-refractivity contribution >= 4 is 11.9 Å². The molecule has 98 valence electrons. The summed E-state index contributed by atoms with van der Waals surface area (Å²) < 4.78 is 1.84. The lowest BCUT2D eigenvalue weighted by atomic mass is 10.1. The molecule has 0 spiro atoms. The Balaban J connectivity index is 1.92. The van der Waals surface area contributed by atoms with Gasteiger partial charge in [0.25, 0.3) is 5.91 Å². The molecule has 6 nitrogen and oxygen atoms in total. The number of nitrogens with one attached hydrogen (secondary N) is 1. The molecule has 1 aromatic heterocycles. The minimum Gasteiger partial charge on any atom is -0.478 e. The summed E-state index contributed by atoms with van der Waals surface area (Å²) in [4.78, 5) is 26.5. The van der Waals surface area contributed by atoms with Gasteiger partial charge < -0.3 is 15.0 Å². The summed E-state index contributed by atoms with van der Waals surface area (Å²) >= 11 is 0. The third-order valence-corrected chi connectivity index (χ3v) is 2.59. The molecule has 0 atom stereocenters. The molecule has 1 heterocycles. The maximum atomic E-state index is 11.8. The maximum absolute atomic E-state index is 11.8. The molecule has 2 rings (SSSR count). The predicted molar refractivity (Wildman–Crippen MR) is 68.0 cm³/mol. The van der Waals surface area contributed by atoms with Gasteiger partial charge in [-0.3, -0.25) is 4.79 Å². The highest BCUT2D eigenvalue weighted by atomic mass is 16.4. The van der Waals surface area contributed by atoms with Crippen LogP contribution in [0.5, 0.6) is 0 Å². The topological polar surface area (TPSA) is 84.2 Å². The quantitative estimate of drug-likeness (QED) is 0.839. The van der Waals surface area contributed by atoms with Gasteiger partial charge in [0.05, 0.1) is 11.9 Å². The lowest BCUT2D eigenvalue weighted by Gasteiger charge is -2.06. The summed E-state index contributed by atoms with van der Waals surface area (Å²) in [5, 5.41) is 11.6. The van der Waals surface area contributed by atoms with Gasteiger partial charge in [-0.2, -0.15) is 0 Å². The zero-order valence-corrected chi connectivity index (χ0v) is 10.1. The molecule has 19 heavy (non-hydrogen) atoms. The van der Waals surface area contributed by atoms with Crippen LogP contribution in [-0.2, 0) is 6.54 Å². The van der Waals surface area contributed by atoms with E-state index in [0.29, 0.717) is 18.7 Å². The number of benzene rings is 1. The normalized spacial score (nSPS) is 10.1. The summed E-state index contributed by atoms with van der Waals surface area (Å²) in [6.07, 6.45) is 5.13. The Morgan fingerprint density at radius 3 is 2.79 bits per heavy atom. The molecule has 0 bridgehead atoms. The highest BCUT2D eigenvalue weighted by Gasteiger charge is 2.08. The fourth-order valence-corrected chi connectivity index (χ4v) is 1.61. The molecule has 0 unspecified atom stereocenters. The van der Waals surface area contributed by atoms with Crippen LogP contribution in [0.15, 0.2) is 43.0 Å². The van der Waals surface area contributed by atoms with Crippen LogP contribution in [0.3, 0.4) is 0 Å². The van der Waals surface area contributed by atoms with Crippen molar-refractivity contribution in [3.63, 3.8) is 0 Å². The average Bonchev–Trinajstić information content (AvgIpc) is 2.92. The van der Waals surface area contributed by atoms with Crippen LogP contribution in [0, 0.1) is 0 Å². The molecule has 1 amide bonds. The fraction of sp³-hybridized carbons (Fsp3) is 0.154. The van der Waals surface area contributed by atoms with Gasteiger partial charge in [-0.25, -0.2) is 9.78 Å². The van der Waals surface area contributed by atoms with Crippen LogP contribution in [0.1, 0.15) is 20.7 Å². The number of rotatable bonds is 5. The Labute approximate surface area is 109 Å². The van der Waals surface area contributed by atoms with E-state index in [2.05, 4.69) is 10.3 Å². The van der Waals surface area contributed by atoms with Gasteiger partial charge >= 0.3 is 5.97 Å². The molecule has 6 heteroatoms. The first-order valence-electron chi connectivity index (χ1n) is 5.74. The second-order valence-electron chi connectivity index (χ2n) is 3.94. The summed E-state index contributed by atoms with van der Waals surface area (Å²) in [5.41, 5.74) is 0.438. The standard InChI is InChI=1S/C13H13N3O3/c17-12(15-5-7-16-6-4-14-9-16)10-2-1-3-11(8-10)13(18)19/h1-4,6,8-9H,5,7H2,(H,15,17)(H,18,19). The van der Waals surface area contributed by atoms with Crippen molar-refractivity contribution in [1.82, 2.24) is 14.9 Å². The van der Waals surface area contributed by atoms with E-state index in [0.717, 1.165) is 0 Å². The molecular weight excluding hydrogens is 246 g/mol. The SMILES string of the molecule is O=C(O)c1cccc(C(=O)NCCn2ccnc2)c1. The van der Waals surface area contributed by atoms with Crippen LogP contribution in [0.25, 0.3) is 0 Å². The van der Waals surface area contributed by atoms with Crippen molar-refractivity contribution in [3.8, 4) is 0 Å². The Kier molecular flexibility index (Phi) is 3.92. The number of carbonyl (C=O) groups excluding carboxylic acids is 1. The average molecular weight is 259 g/mol. The highest BCUT2D eigenvalue weighted by Crippen LogP contribution is 2.05. The first kappa shape index (κ1) is 12.8. The van der Waals surface area contributed by atoms with E-state index < -0.39 is 5.97 Å². The number of aromatic nitrogens is 2. The van der Waals surface area contributed by atoms with Crippen molar-refractivity contribution in [2.75, 3.05) is 6.54 Å². The van der Waals surface area contributed by atoms with Crippen molar-refractivity contribution in [1.29, 1.82) is 0 Å². The molecule has 2 aromatic rings. The monoisotopic (exact) mass is 259 g/mol. The maximum Gasteiger partial charge on any atom is 0.335 e. The van der Waals surface area contributed by atoms with Gasteiger partial charge in [-0.15, -0.1) is 0 Å². The number of imidazole rings is 1. The van der Waals surface area contributed by atoms with E-state index in [1.165, 1.54) is 12.1 Å². The van der Waals surface area contributed by atoms with Gasteiger partial charge in [0.2, 0.25) is 0 Å². The Morgan fingerprint density at radius 2 is 2.11 bits per heavy atom. The molecule has 0 aliphatic carbocycles. The van der Waals surface area contributed by atoms with E-state index in [1.807, 2.05) is 4.57 Å². The number of nitrogens with zero attached hydrogens (tertiary/aromatic N) is 2. The van der Waals surface area contributed by atoms with Crippen LogP contribution in [-0.4, -0.2) is 33.1 Å². The molecule has 0 aliphatic heterocycles. The smallest absolute Gasteiger partial charge is 0.335 e. The number of carboxylic acid groups (broad SMARTS) is 1. The minimum absolute atomic E-state index is 0.0993. The Bertz CT molecular complexity index is 579. The molecule has 0 fully saturated rings. The summed E-state index contributed by atoms with van der Waals surface area (Å²) in [7, 11) is 0. The largest absolute Gasteiger partial charge is 0.478 e. The zero-order valence-electron chi connectivity index (χ0n) is 10.1. The van der Waals surface area contributed by atoms with Gasteiger partial charge in [0.15, 0.2) is 0 Å². The molecule has 2 N–H and O–H groups in total. The number of hydrogen-bond donors (Lipinski definition) is 2. The van der Waals surface area contributed by atoms with Crippen LogP contribution < -0.4 is 5.32 Å². The van der Waals surface area contributed by atoms with E-state index in [4.69, 9.17) is 5.11 Å². The van der Waals surface area contributed by atoms with Crippen molar-refractivity contribution in [3.05, 3.63) is 54.1 Å². The molecule has 0 saturated heterocycles. The third kappa shape index (κ3) is 3.41. The van der Waals surface area contributed by atoms with Crippen LogP contribution in [0.4, 0.5) is 0 Å². The summed E-state index contributed by atoms with van der Waals surface area (Å²) in [5.74, 6) is -1.34. The number of hydrogen-bond acceptors (Lipinski definition) is 3. The summed E-state index contributed by atoms with van der Waals surface area (Å²) in [6.45, 7) is 1.07. The van der Waals surface area contributed by atoms with Crippen molar-refractivity contribution < 1.29 is 14.7 Å². The Hall–Kier alpha value is -2.63. The first-order valence-corrected chi connectivity index (χ1v) is 5.74. The highest BCUT2D eigenvalue weighted by molar-refractivity contribution is 5.97. The number of carbonyl (C=O) groups is 2. The second-order valence-corrected chi connectivity index (χ2v) is 3.94. The number of carboxylic acids is 1. The number of aromatic carboxylic acids is 1. The second kappa shape index (κ2) is 5.81. The third-order valence-electron chi connectivity index (χ3n) is 2.59. The fourth-order valence-electron chi connectivity index (χ4n) is 1.61. The van der Waals surface area contributed by atoms with E-state index in [9.17, 15) is 9.59 Å². The molecule has 0 radical (unpaired) electrons. The lowest BCUT2D eigenvalue weighted by molar-refractivity contribution is 0.0697. The van der Waals surface area contributed by atoms with Crippen LogP contribution in [0.2, 0.25) is 0 Å². The molecule has 0 saturated carbocycles. The van der Waals surface area contributed by atoms with Crippen molar-refractivity contribution in [2.24, 2.45) is 0 Å². The molecule has 0 aliphatic rings. The van der Waals surface area contributed by atoms with E-state index in [-0.39, 0.29) is 11.5 Å². The van der Waals surface area contributed by atoms with E-state index >= 15 is 0 Å². The minimum atomic E-state index is -1.05. The lowest BCUT2D eigenvalue weighted by Crippen LogP contribution is -2.27. The zero-order chi connectivity index (χ0) is 13.7. The van der Waals surface area contributed by atoms with Gasteiger partial charge in [-0.1, -0.05) is 6.07 Å². The summed E-state index contributed by atoms with van der Waals surface area (Å²) in [6, 6.07) is 5.94. The first-order chi connectivity index (χ1) is 9.16. The van der Waals surface area contributed by atoms with Gasteiger partial charge in [0, 0.05) is 31.0 Å². The van der Waals surface area contributed by atoms with Crippen LogP contribution >= 0.6 is 0 Å². The number of amides is 1.